The Labute approximate surface area is 421 Å². The molecule has 0 aliphatic carbocycles. The van der Waals surface area contributed by atoms with E-state index in [4.69, 9.17) is 9.47 Å². The fourth-order valence-corrected chi connectivity index (χ4v) is 8.64. The number of unbranched alkanes of at least 4 members (excludes halogenated alkanes) is 26. The second-order valence-corrected chi connectivity index (χ2v) is 19.7. The molecule has 1 heterocycles. The molecule has 1 aliphatic rings. The van der Waals surface area contributed by atoms with Gasteiger partial charge in [-0.1, -0.05) is 203 Å². The number of nitrogens with one attached hydrogen (secondary N) is 1. The molecular formula is C58H105NO10. The van der Waals surface area contributed by atoms with Crippen LogP contribution in [0.1, 0.15) is 232 Å². The lowest BCUT2D eigenvalue weighted by Crippen LogP contribution is -2.60. The number of rotatable bonds is 47. The van der Waals surface area contributed by atoms with Crippen LogP contribution in [-0.2, 0) is 14.3 Å². The van der Waals surface area contributed by atoms with Gasteiger partial charge in [0.25, 0.3) is 0 Å². The van der Waals surface area contributed by atoms with Gasteiger partial charge in [-0.3, -0.25) is 4.79 Å². The maximum Gasteiger partial charge on any atom is 0.249 e. The second kappa shape index (κ2) is 46.9. The first-order valence-corrected chi connectivity index (χ1v) is 28.2. The molecule has 1 saturated heterocycles. The molecule has 0 aromatic heterocycles. The fourth-order valence-electron chi connectivity index (χ4n) is 8.64. The van der Waals surface area contributed by atoms with Crippen LogP contribution in [0.3, 0.4) is 0 Å². The Morgan fingerprint density at radius 3 is 1.41 bits per heavy atom. The summed E-state index contributed by atoms with van der Waals surface area (Å²) in [5, 5.41) is 75.9. The van der Waals surface area contributed by atoms with Crippen LogP contribution in [0.5, 0.6) is 0 Å². The molecule has 69 heavy (non-hydrogen) atoms. The van der Waals surface area contributed by atoms with Crippen molar-refractivity contribution in [3.05, 3.63) is 60.8 Å². The first kappa shape index (κ1) is 64.8. The van der Waals surface area contributed by atoms with Gasteiger partial charge in [-0.05, 0) is 89.9 Å². The number of aliphatic hydroxyl groups is 7. The highest BCUT2D eigenvalue weighted by Gasteiger charge is 2.44. The summed E-state index contributed by atoms with van der Waals surface area (Å²) in [6.07, 6.45) is 48.6. The molecule has 0 radical (unpaired) electrons. The van der Waals surface area contributed by atoms with Gasteiger partial charge in [0.1, 0.15) is 36.6 Å². The average Bonchev–Trinajstić information content (AvgIpc) is 3.35. The van der Waals surface area contributed by atoms with E-state index < -0.39 is 74.2 Å². The number of amides is 1. The van der Waals surface area contributed by atoms with E-state index in [0.717, 1.165) is 64.2 Å². The molecule has 0 saturated carbocycles. The lowest BCUT2D eigenvalue weighted by atomic mass is 9.98. The maximum atomic E-state index is 13.1. The third kappa shape index (κ3) is 35.6. The molecule has 8 N–H and O–H groups in total. The maximum absolute atomic E-state index is 13.1. The van der Waals surface area contributed by atoms with Gasteiger partial charge in [-0.25, -0.2) is 0 Å². The molecule has 0 bridgehead atoms. The summed E-state index contributed by atoms with van der Waals surface area (Å²) < 4.78 is 11.1. The van der Waals surface area contributed by atoms with Crippen molar-refractivity contribution in [1.29, 1.82) is 0 Å². The van der Waals surface area contributed by atoms with Gasteiger partial charge in [-0.2, -0.15) is 0 Å². The zero-order valence-corrected chi connectivity index (χ0v) is 43.8. The van der Waals surface area contributed by atoms with Crippen LogP contribution in [0.4, 0.5) is 0 Å². The van der Waals surface area contributed by atoms with Crippen molar-refractivity contribution < 1.29 is 50.0 Å². The molecular weight excluding hydrogens is 871 g/mol. The van der Waals surface area contributed by atoms with Gasteiger partial charge in [0.2, 0.25) is 5.91 Å². The minimum Gasteiger partial charge on any atom is -0.394 e. The topological polar surface area (TPSA) is 189 Å². The average molecular weight is 976 g/mol. The van der Waals surface area contributed by atoms with E-state index in [9.17, 15) is 40.5 Å². The van der Waals surface area contributed by atoms with Crippen molar-refractivity contribution in [2.75, 3.05) is 13.2 Å². The van der Waals surface area contributed by atoms with Crippen molar-refractivity contribution >= 4 is 5.91 Å². The first-order valence-electron chi connectivity index (χ1n) is 28.2. The predicted molar refractivity (Wildman–Crippen MR) is 284 cm³/mol. The number of carbonyl (C=O) groups excluding carboxylic acids is 1. The van der Waals surface area contributed by atoms with Crippen LogP contribution in [0.15, 0.2) is 60.8 Å². The summed E-state index contributed by atoms with van der Waals surface area (Å²) in [7, 11) is 0. The highest BCUT2D eigenvalue weighted by atomic mass is 16.7. The molecule has 0 spiro atoms. The Hall–Kier alpha value is -2.19. The first-order chi connectivity index (χ1) is 33.7. The fraction of sp³-hybridized carbons (Fsp3) is 0.810. The number of ether oxygens (including phenoxy) is 2. The van der Waals surface area contributed by atoms with Crippen LogP contribution >= 0.6 is 0 Å². The summed E-state index contributed by atoms with van der Waals surface area (Å²) in [6, 6.07) is -1.20. The van der Waals surface area contributed by atoms with Crippen LogP contribution in [0.25, 0.3) is 0 Å². The third-order valence-electron chi connectivity index (χ3n) is 13.3. The van der Waals surface area contributed by atoms with E-state index in [-0.39, 0.29) is 12.8 Å². The Balaban J connectivity index is 2.35. The predicted octanol–water partition coefficient (Wildman–Crippen LogP) is 11.5. The van der Waals surface area contributed by atoms with Crippen LogP contribution in [-0.4, -0.2) is 110 Å². The normalized spacial score (nSPS) is 20.9. The summed E-state index contributed by atoms with van der Waals surface area (Å²) in [4.78, 5) is 13.1. The Morgan fingerprint density at radius 1 is 0.507 bits per heavy atom. The van der Waals surface area contributed by atoms with Crippen molar-refractivity contribution in [2.24, 2.45) is 0 Å². The molecule has 9 atom stereocenters. The summed E-state index contributed by atoms with van der Waals surface area (Å²) >= 11 is 0. The van der Waals surface area contributed by atoms with E-state index >= 15 is 0 Å². The van der Waals surface area contributed by atoms with E-state index in [1.807, 2.05) is 0 Å². The molecule has 1 fully saturated rings. The number of aliphatic hydroxyl groups excluding tert-OH is 7. The van der Waals surface area contributed by atoms with E-state index in [1.54, 1.807) is 0 Å². The SMILES string of the molecule is CCCCC/C=C\C=C/CCCCCCCC(O)C(=O)NC(COC1OC(CO)C(O)C(O)C1O)C(O)C(O)CCC/C=C/CC/C=C/CC/C=C/CCCCCCCCCCCCCCCCC. The highest BCUT2D eigenvalue weighted by Crippen LogP contribution is 2.23. The van der Waals surface area contributed by atoms with Crippen molar-refractivity contribution in [2.45, 2.75) is 287 Å². The highest BCUT2D eigenvalue weighted by molar-refractivity contribution is 5.80. The molecule has 1 aliphatic heterocycles. The van der Waals surface area contributed by atoms with Crippen LogP contribution < -0.4 is 5.32 Å². The summed E-state index contributed by atoms with van der Waals surface area (Å²) in [5.74, 6) is -0.726. The third-order valence-corrected chi connectivity index (χ3v) is 13.3. The lowest BCUT2D eigenvalue weighted by Gasteiger charge is -2.40. The van der Waals surface area contributed by atoms with Gasteiger partial charge >= 0.3 is 0 Å². The van der Waals surface area contributed by atoms with Crippen LogP contribution in [0.2, 0.25) is 0 Å². The van der Waals surface area contributed by atoms with Crippen molar-refractivity contribution in [3.8, 4) is 0 Å². The second-order valence-electron chi connectivity index (χ2n) is 19.7. The van der Waals surface area contributed by atoms with E-state index in [1.165, 1.54) is 122 Å². The largest absolute Gasteiger partial charge is 0.394 e. The molecule has 9 unspecified atom stereocenters. The molecule has 1 amide bonds. The quantitative estimate of drug-likeness (QED) is 0.0166. The van der Waals surface area contributed by atoms with Gasteiger partial charge in [0.15, 0.2) is 6.29 Å². The smallest absolute Gasteiger partial charge is 0.249 e. The molecule has 0 aromatic rings. The Morgan fingerprint density at radius 2 is 0.913 bits per heavy atom. The number of carbonyl (C=O) groups is 1. The number of hydrogen-bond donors (Lipinski definition) is 8. The lowest BCUT2D eigenvalue weighted by molar-refractivity contribution is -0.303. The molecule has 0 aromatic carbocycles. The van der Waals surface area contributed by atoms with E-state index in [0.29, 0.717) is 19.3 Å². The van der Waals surface area contributed by atoms with E-state index in [2.05, 4.69) is 79.9 Å². The Kier molecular flexibility index (Phi) is 44.0. The minimum atomic E-state index is -1.68. The van der Waals surface area contributed by atoms with Crippen molar-refractivity contribution in [3.63, 3.8) is 0 Å². The Bertz CT molecular complexity index is 1300. The van der Waals surface area contributed by atoms with Gasteiger partial charge in [-0.15, -0.1) is 0 Å². The zero-order valence-electron chi connectivity index (χ0n) is 43.8. The minimum absolute atomic E-state index is 0.229. The number of hydrogen-bond acceptors (Lipinski definition) is 10. The summed E-state index contributed by atoms with van der Waals surface area (Å²) in [6.45, 7) is 3.39. The van der Waals surface area contributed by atoms with Crippen molar-refractivity contribution in [1.82, 2.24) is 5.32 Å². The molecule has 402 valence electrons. The van der Waals surface area contributed by atoms with Gasteiger partial charge < -0.3 is 50.5 Å². The van der Waals surface area contributed by atoms with Gasteiger partial charge in [0, 0.05) is 0 Å². The van der Waals surface area contributed by atoms with Crippen LogP contribution in [0, 0.1) is 0 Å². The zero-order chi connectivity index (χ0) is 50.4. The van der Waals surface area contributed by atoms with Gasteiger partial charge in [0.05, 0.1) is 25.4 Å². The summed E-state index contributed by atoms with van der Waals surface area (Å²) in [5.41, 5.74) is 0. The number of allylic oxidation sites excluding steroid dienone is 10. The molecule has 11 heteroatoms. The monoisotopic (exact) mass is 976 g/mol. The molecule has 1 rings (SSSR count). The molecule has 11 nitrogen and oxygen atoms in total. The standard InChI is InChI=1S/C58H105NO10/c1-3-5-7-9-11-13-15-17-19-20-21-22-23-24-25-26-27-28-29-30-31-32-34-35-37-39-41-43-45-50(61)53(63)49(48-68-58-56(66)55(65)54(64)52(47-60)69-58)59-57(67)51(62)46-44-42-40-38-36-33-18-16-14-12-10-8-6-4-2/h12,14,16,18,27-28,31-32,37,39,49-56,58,60-66H,3-11,13,15,17,19-26,29-30,33-36,38,40-48H2,1-2H3,(H,59,67)/b14-12-,18-16-,28-27+,32-31+,39-37+.